The number of aliphatic hydroxyl groups is 1. The fraction of sp³-hybridized carbons (Fsp3) is 0.435. The Balaban J connectivity index is 2.05. The zero-order chi connectivity index (χ0) is 24.6. The highest BCUT2D eigenvalue weighted by Crippen LogP contribution is 2.36. The number of hydrogen-bond donors (Lipinski definition) is 2. The van der Waals surface area contributed by atoms with Crippen LogP contribution < -0.4 is 4.72 Å². The Morgan fingerprint density at radius 3 is 2.36 bits per heavy atom. The Kier molecular flexibility index (Phi) is 7.33. The maximum absolute atomic E-state index is 15.7. The second kappa shape index (κ2) is 9.54. The van der Waals surface area contributed by atoms with Gasteiger partial charge < -0.3 is 5.11 Å². The molecule has 2 aromatic rings. The predicted octanol–water partition coefficient (Wildman–Crippen LogP) is 3.17. The van der Waals surface area contributed by atoms with Crippen molar-refractivity contribution in [3.8, 4) is 11.1 Å². The minimum Gasteiger partial charge on any atom is -0.383 e. The van der Waals surface area contributed by atoms with E-state index in [4.69, 9.17) is 0 Å². The SMILES string of the molecule is CCS(=O)(=O)NC1CCN(C(C(=O)C(C)(C)O)c2cccc(-c3cccc(F)c3F)c2F)C1. The highest BCUT2D eigenvalue weighted by Gasteiger charge is 2.41. The van der Waals surface area contributed by atoms with Crippen LogP contribution in [-0.2, 0) is 14.8 Å². The Hall–Kier alpha value is -2.27. The van der Waals surface area contributed by atoms with Crippen LogP contribution in [0.4, 0.5) is 13.2 Å². The standard InChI is InChI=1S/C23H27F3N2O4S/c1-4-33(31,32)27-14-11-12-28(13-14)21(22(29)23(2,3)30)17-9-5-7-15(19(17)25)16-8-6-10-18(24)20(16)26/h5-10,14,21,27,30H,4,11-13H2,1-3H3. The highest BCUT2D eigenvalue weighted by atomic mass is 32.2. The summed E-state index contributed by atoms with van der Waals surface area (Å²) >= 11 is 0. The van der Waals surface area contributed by atoms with E-state index in [1.807, 2.05) is 0 Å². The van der Waals surface area contributed by atoms with Crippen LogP contribution in [0.2, 0.25) is 0 Å². The van der Waals surface area contributed by atoms with Gasteiger partial charge >= 0.3 is 0 Å². The second-order valence-corrected chi connectivity index (χ2v) is 10.7. The number of ketones is 1. The monoisotopic (exact) mass is 484 g/mol. The van der Waals surface area contributed by atoms with E-state index < -0.39 is 50.9 Å². The summed E-state index contributed by atoms with van der Waals surface area (Å²) in [6.45, 7) is 4.44. The van der Waals surface area contributed by atoms with Gasteiger partial charge in [-0.3, -0.25) is 9.69 Å². The zero-order valence-electron chi connectivity index (χ0n) is 18.6. The normalized spacial score (nSPS) is 18.5. The van der Waals surface area contributed by atoms with E-state index in [0.717, 1.165) is 6.07 Å². The molecule has 10 heteroatoms. The number of likely N-dealkylation sites (tertiary alicyclic amines) is 1. The minimum atomic E-state index is -3.49. The first-order valence-electron chi connectivity index (χ1n) is 10.6. The van der Waals surface area contributed by atoms with Crippen molar-refractivity contribution in [1.29, 1.82) is 0 Å². The predicted molar refractivity (Wildman–Crippen MR) is 118 cm³/mol. The van der Waals surface area contributed by atoms with Crippen molar-refractivity contribution in [2.24, 2.45) is 0 Å². The average molecular weight is 485 g/mol. The van der Waals surface area contributed by atoms with Gasteiger partial charge in [-0.1, -0.05) is 30.3 Å². The Labute approximate surface area is 191 Å². The molecule has 2 atom stereocenters. The lowest BCUT2D eigenvalue weighted by Gasteiger charge is -2.32. The number of rotatable bonds is 8. The zero-order valence-corrected chi connectivity index (χ0v) is 19.4. The molecule has 1 fully saturated rings. The molecule has 0 radical (unpaired) electrons. The van der Waals surface area contributed by atoms with Crippen molar-refractivity contribution in [3.63, 3.8) is 0 Å². The molecule has 1 aliphatic rings. The molecule has 2 unspecified atom stereocenters. The molecule has 6 nitrogen and oxygen atoms in total. The molecular formula is C23H27F3N2O4S. The third kappa shape index (κ3) is 5.46. The molecule has 1 heterocycles. The summed E-state index contributed by atoms with van der Waals surface area (Å²) in [5.74, 6) is -4.06. The van der Waals surface area contributed by atoms with Crippen molar-refractivity contribution < 1.29 is 31.5 Å². The van der Waals surface area contributed by atoms with Gasteiger partial charge in [0, 0.05) is 35.8 Å². The van der Waals surface area contributed by atoms with Gasteiger partial charge in [0.05, 0.1) is 5.75 Å². The molecule has 0 bridgehead atoms. The van der Waals surface area contributed by atoms with Crippen LogP contribution in [0, 0.1) is 17.5 Å². The number of nitrogens with zero attached hydrogens (tertiary/aromatic N) is 1. The van der Waals surface area contributed by atoms with Crippen molar-refractivity contribution >= 4 is 15.8 Å². The van der Waals surface area contributed by atoms with Gasteiger partial charge in [-0.25, -0.2) is 26.3 Å². The fourth-order valence-electron chi connectivity index (χ4n) is 3.97. The Morgan fingerprint density at radius 2 is 1.76 bits per heavy atom. The van der Waals surface area contributed by atoms with Gasteiger partial charge in [-0.05, 0) is 33.3 Å². The van der Waals surface area contributed by atoms with Crippen LogP contribution in [0.25, 0.3) is 11.1 Å². The second-order valence-electron chi connectivity index (χ2n) is 8.64. The van der Waals surface area contributed by atoms with E-state index in [-0.39, 0.29) is 35.5 Å². The summed E-state index contributed by atoms with van der Waals surface area (Å²) in [5, 5.41) is 10.4. The number of halogens is 3. The number of nitrogens with one attached hydrogen (secondary N) is 1. The third-order valence-electron chi connectivity index (χ3n) is 5.73. The lowest BCUT2D eigenvalue weighted by atomic mass is 9.89. The van der Waals surface area contributed by atoms with E-state index >= 15 is 4.39 Å². The van der Waals surface area contributed by atoms with E-state index in [0.29, 0.717) is 6.42 Å². The molecule has 2 aromatic carbocycles. The van der Waals surface area contributed by atoms with Gasteiger partial charge in [0.1, 0.15) is 17.5 Å². The Morgan fingerprint density at radius 1 is 1.15 bits per heavy atom. The molecular weight excluding hydrogens is 457 g/mol. The van der Waals surface area contributed by atoms with Gasteiger partial charge in [-0.15, -0.1) is 0 Å². The van der Waals surface area contributed by atoms with Crippen molar-refractivity contribution in [2.75, 3.05) is 18.8 Å². The summed E-state index contributed by atoms with van der Waals surface area (Å²) in [5.41, 5.74) is -2.44. The fourth-order valence-corrected chi connectivity index (χ4v) is 4.84. The van der Waals surface area contributed by atoms with Crippen LogP contribution in [0.1, 0.15) is 38.8 Å². The van der Waals surface area contributed by atoms with Crippen molar-refractivity contribution in [3.05, 3.63) is 59.4 Å². The van der Waals surface area contributed by atoms with Crippen LogP contribution in [0.15, 0.2) is 36.4 Å². The first kappa shape index (κ1) is 25.4. The lowest BCUT2D eigenvalue weighted by Crippen LogP contribution is -2.45. The Bertz CT molecular complexity index is 1150. The molecule has 2 N–H and O–H groups in total. The lowest BCUT2D eigenvalue weighted by molar-refractivity contribution is -0.139. The van der Waals surface area contributed by atoms with Crippen LogP contribution in [-0.4, -0.2) is 54.7 Å². The van der Waals surface area contributed by atoms with E-state index in [1.165, 1.54) is 51.1 Å². The number of carbonyl (C=O) groups excluding carboxylic acids is 1. The molecule has 180 valence electrons. The molecule has 0 aromatic heterocycles. The summed E-state index contributed by atoms with van der Waals surface area (Å²) in [6.07, 6.45) is 0.384. The molecule has 3 rings (SSSR count). The molecule has 0 amide bonds. The van der Waals surface area contributed by atoms with Crippen molar-refractivity contribution in [2.45, 2.75) is 44.9 Å². The topological polar surface area (TPSA) is 86.7 Å². The van der Waals surface area contributed by atoms with Crippen LogP contribution in [0.5, 0.6) is 0 Å². The van der Waals surface area contributed by atoms with E-state index in [1.54, 1.807) is 4.90 Å². The first-order valence-corrected chi connectivity index (χ1v) is 12.2. The number of sulfonamides is 1. The molecule has 0 spiro atoms. The smallest absolute Gasteiger partial charge is 0.211 e. The number of carbonyl (C=O) groups is 1. The largest absolute Gasteiger partial charge is 0.383 e. The van der Waals surface area contributed by atoms with Crippen LogP contribution in [0.3, 0.4) is 0 Å². The average Bonchev–Trinajstić information content (AvgIpc) is 3.18. The summed E-state index contributed by atoms with van der Waals surface area (Å²) in [4.78, 5) is 14.8. The van der Waals surface area contributed by atoms with Crippen LogP contribution >= 0.6 is 0 Å². The molecule has 1 saturated heterocycles. The molecule has 33 heavy (non-hydrogen) atoms. The van der Waals surface area contributed by atoms with E-state index in [9.17, 15) is 27.1 Å². The quantitative estimate of drug-likeness (QED) is 0.601. The first-order chi connectivity index (χ1) is 15.4. The minimum absolute atomic E-state index is 0.106. The number of Topliss-reactive ketones (excluding diaryl/α,β-unsaturated/α-hetero) is 1. The van der Waals surface area contributed by atoms with Gasteiger partial charge in [0.15, 0.2) is 17.4 Å². The molecule has 0 aliphatic carbocycles. The summed E-state index contributed by atoms with van der Waals surface area (Å²) in [6, 6.07) is 5.73. The number of benzene rings is 2. The summed E-state index contributed by atoms with van der Waals surface area (Å²) < 4.78 is 70.2. The maximum atomic E-state index is 15.7. The molecule has 1 aliphatic heterocycles. The van der Waals surface area contributed by atoms with Gasteiger partial charge in [0.2, 0.25) is 10.0 Å². The number of hydrogen-bond acceptors (Lipinski definition) is 5. The highest BCUT2D eigenvalue weighted by molar-refractivity contribution is 7.89. The third-order valence-corrected chi connectivity index (χ3v) is 7.18. The summed E-state index contributed by atoms with van der Waals surface area (Å²) in [7, 11) is -3.49. The molecule has 0 saturated carbocycles. The van der Waals surface area contributed by atoms with Gasteiger partial charge in [0.25, 0.3) is 0 Å². The van der Waals surface area contributed by atoms with Crippen molar-refractivity contribution in [1.82, 2.24) is 9.62 Å². The maximum Gasteiger partial charge on any atom is 0.211 e. The van der Waals surface area contributed by atoms with E-state index in [2.05, 4.69) is 4.72 Å². The van der Waals surface area contributed by atoms with Gasteiger partial charge in [-0.2, -0.15) is 0 Å².